The second-order valence-corrected chi connectivity index (χ2v) is 15.3. The van der Waals surface area contributed by atoms with Crippen molar-refractivity contribution in [2.75, 3.05) is 0 Å². The molecule has 264 valence electrons. The van der Waals surface area contributed by atoms with E-state index in [-0.39, 0.29) is 0 Å². The van der Waals surface area contributed by atoms with E-state index in [4.69, 9.17) is 22.8 Å². The van der Waals surface area contributed by atoms with E-state index in [1.807, 2.05) is 36.4 Å². The number of aromatic nitrogens is 4. The van der Waals surface area contributed by atoms with Crippen molar-refractivity contribution in [2.45, 2.75) is 0 Å². The number of hydrogen-bond acceptors (Lipinski definition) is 4. The standard InChI is InChI=1S/C51H31BN4S/c52-36-29-27-33(28-30-36)38-13-1-2-17-43(38)50-53-49(54-51(55-50)44-19-10-18-42-41-16-5-8-22-47(41)57-48(42)44)34-25-23-32(24-26-34)35-11-9-12-37(31-35)56-45-20-6-3-14-39(45)40-15-4-7-21-46(40)56/h1-31H. The molecule has 0 unspecified atom stereocenters. The van der Waals surface area contributed by atoms with Gasteiger partial charge in [-0.15, -0.1) is 11.3 Å². The number of hydrogen-bond donors (Lipinski definition) is 0. The molecule has 0 fully saturated rings. The molecule has 0 N–H and O–H groups in total. The van der Waals surface area contributed by atoms with Crippen LogP contribution >= 0.6 is 11.3 Å². The van der Waals surface area contributed by atoms with Crippen LogP contribution in [0.15, 0.2) is 188 Å². The van der Waals surface area contributed by atoms with Gasteiger partial charge in [0.15, 0.2) is 17.5 Å². The summed E-state index contributed by atoms with van der Waals surface area (Å²) < 4.78 is 4.75. The molecule has 0 aliphatic carbocycles. The van der Waals surface area contributed by atoms with Crippen LogP contribution in [0.2, 0.25) is 0 Å². The summed E-state index contributed by atoms with van der Waals surface area (Å²) in [6.45, 7) is 0. The first-order chi connectivity index (χ1) is 28.2. The molecule has 0 bridgehead atoms. The largest absolute Gasteiger partial charge is 0.309 e. The zero-order chi connectivity index (χ0) is 37.9. The SMILES string of the molecule is [B]c1ccc(-c2ccccc2-c2nc(-c3ccc(-c4cccc(-n5c6ccccc6c6ccccc65)c4)cc3)nc(-c3cccc4c3sc3ccccc34)n2)cc1. The molecule has 3 heterocycles. The summed E-state index contributed by atoms with van der Waals surface area (Å²) in [7, 11) is 6.08. The van der Waals surface area contributed by atoms with Crippen molar-refractivity contribution in [3.8, 4) is 62.1 Å². The summed E-state index contributed by atoms with van der Waals surface area (Å²) in [6, 6.07) is 65.8. The lowest BCUT2D eigenvalue weighted by atomic mass is 9.92. The van der Waals surface area contributed by atoms with Gasteiger partial charge in [0.25, 0.3) is 0 Å². The van der Waals surface area contributed by atoms with Crippen LogP contribution in [0.5, 0.6) is 0 Å². The first-order valence-electron chi connectivity index (χ1n) is 19.0. The van der Waals surface area contributed by atoms with Gasteiger partial charge in [0.1, 0.15) is 7.85 Å². The van der Waals surface area contributed by atoms with Crippen molar-refractivity contribution in [1.29, 1.82) is 0 Å². The Bertz CT molecular complexity index is 3260. The minimum Gasteiger partial charge on any atom is -0.309 e. The maximum atomic E-state index is 6.08. The highest BCUT2D eigenvalue weighted by molar-refractivity contribution is 7.26. The van der Waals surface area contributed by atoms with Crippen molar-refractivity contribution < 1.29 is 0 Å². The van der Waals surface area contributed by atoms with Gasteiger partial charge in [-0.05, 0) is 58.7 Å². The number of para-hydroxylation sites is 2. The van der Waals surface area contributed by atoms with E-state index in [1.54, 1.807) is 11.3 Å². The van der Waals surface area contributed by atoms with Crippen LogP contribution < -0.4 is 5.46 Å². The van der Waals surface area contributed by atoms with Crippen LogP contribution in [-0.4, -0.2) is 27.4 Å². The molecule has 0 saturated carbocycles. The summed E-state index contributed by atoms with van der Waals surface area (Å²) in [4.78, 5) is 15.6. The Hall–Kier alpha value is -7.15. The lowest BCUT2D eigenvalue weighted by Gasteiger charge is -2.13. The molecule has 2 radical (unpaired) electrons. The van der Waals surface area contributed by atoms with Gasteiger partial charge in [0.2, 0.25) is 0 Å². The molecule has 0 aliphatic heterocycles. The van der Waals surface area contributed by atoms with Gasteiger partial charge in [-0.3, -0.25) is 0 Å². The summed E-state index contributed by atoms with van der Waals surface area (Å²) in [5.41, 5.74) is 11.4. The summed E-state index contributed by atoms with van der Waals surface area (Å²) >= 11 is 1.77. The van der Waals surface area contributed by atoms with Crippen molar-refractivity contribution in [2.24, 2.45) is 0 Å². The molecule has 8 aromatic carbocycles. The Morgan fingerprint density at radius 2 is 0.930 bits per heavy atom. The van der Waals surface area contributed by atoms with E-state index in [0.29, 0.717) is 17.5 Å². The van der Waals surface area contributed by atoms with Crippen LogP contribution in [0.3, 0.4) is 0 Å². The summed E-state index contributed by atoms with van der Waals surface area (Å²) in [5.74, 6) is 1.87. The van der Waals surface area contributed by atoms with E-state index < -0.39 is 0 Å². The Kier molecular flexibility index (Phi) is 7.90. The van der Waals surface area contributed by atoms with Gasteiger partial charge in [-0.2, -0.15) is 0 Å². The molecule has 0 amide bonds. The fourth-order valence-electron chi connectivity index (χ4n) is 8.10. The maximum Gasteiger partial charge on any atom is 0.165 e. The van der Waals surface area contributed by atoms with Crippen LogP contribution in [0, 0.1) is 0 Å². The van der Waals surface area contributed by atoms with Crippen molar-refractivity contribution in [3.05, 3.63) is 188 Å². The number of rotatable bonds is 6. The molecular weight excluding hydrogens is 711 g/mol. The third-order valence-electron chi connectivity index (χ3n) is 10.8. The predicted molar refractivity (Wildman–Crippen MR) is 240 cm³/mol. The van der Waals surface area contributed by atoms with Crippen LogP contribution in [0.4, 0.5) is 0 Å². The zero-order valence-electron chi connectivity index (χ0n) is 30.7. The van der Waals surface area contributed by atoms with E-state index in [1.165, 1.54) is 37.3 Å². The monoisotopic (exact) mass is 742 g/mol. The van der Waals surface area contributed by atoms with Crippen molar-refractivity contribution >= 4 is 66.6 Å². The molecule has 0 spiro atoms. The number of nitrogens with zero attached hydrogens (tertiary/aromatic N) is 4. The number of fused-ring (bicyclic) bond motifs is 6. The normalized spacial score (nSPS) is 11.6. The maximum absolute atomic E-state index is 6.08. The molecule has 11 rings (SSSR count). The van der Waals surface area contributed by atoms with Crippen LogP contribution in [0.25, 0.3) is 104 Å². The van der Waals surface area contributed by atoms with Gasteiger partial charge in [0, 0.05) is 53.3 Å². The topological polar surface area (TPSA) is 43.6 Å². The quantitative estimate of drug-likeness (QED) is 0.159. The Balaban J connectivity index is 1.04. The molecule has 0 atom stereocenters. The van der Waals surface area contributed by atoms with Crippen molar-refractivity contribution in [3.63, 3.8) is 0 Å². The smallest absolute Gasteiger partial charge is 0.165 e. The molecule has 3 aromatic heterocycles. The highest BCUT2D eigenvalue weighted by Crippen LogP contribution is 2.40. The average Bonchev–Trinajstić information content (AvgIpc) is 3.83. The Morgan fingerprint density at radius 3 is 1.68 bits per heavy atom. The minimum absolute atomic E-state index is 0.614. The lowest BCUT2D eigenvalue weighted by molar-refractivity contribution is 1.08. The molecular formula is C51H31BN4S. The van der Waals surface area contributed by atoms with Gasteiger partial charge in [0.05, 0.1) is 11.0 Å². The molecule has 0 saturated heterocycles. The molecule has 11 aromatic rings. The third-order valence-corrected chi connectivity index (χ3v) is 12.1. The number of thiophene rings is 1. The van der Waals surface area contributed by atoms with Crippen LogP contribution in [0.1, 0.15) is 0 Å². The van der Waals surface area contributed by atoms with Gasteiger partial charge in [-0.1, -0.05) is 157 Å². The number of benzene rings is 8. The van der Waals surface area contributed by atoms with E-state index >= 15 is 0 Å². The summed E-state index contributed by atoms with van der Waals surface area (Å²) in [5, 5.41) is 4.93. The lowest BCUT2D eigenvalue weighted by Crippen LogP contribution is -2.02. The third kappa shape index (κ3) is 5.73. The first-order valence-corrected chi connectivity index (χ1v) is 19.8. The van der Waals surface area contributed by atoms with E-state index in [2.05, 4.69) is 156 Å². The Morgan fingerprint density at radius 1 is 0.386 bits per heavy atom. The second-order valence-electron chi connectivity index (χ2n) is 14.3. The van der Waals surface area contributed by atoms with E-state index in [9.17, 15) is 0 Å². The predicted octanol–water partition coefficient (Wildman–Crippen LogP) is 12.5. The van der Waals surface area contributed by atoms with Gasteiger partial charge in [-0.25, -0.2) is 15.0 Å². The van der Waals surface area contributed by atoms with Gasteiger partial charge >= 0.3 is 0 Å². The average molecular weight is 743 g/mol. The van der Waals surface area contributed by atoms with Crippen molar-refractivity contribution in [1.82, 2.24) is 19.5 Å². The molecule has 4 nitrogen and oxygen atoms in total. The highest BCUT2D eigenvalue weighted by Gasteiger charge is 2.19. The van der Waals surface area contributed by atoms with Crippen LogP contribution in [-0.2, 0) is 0 Å². The molecule has 6 heteroatoms. The summed E-state index contributed by atoms with van der Waals surface area (Å²) in [6.07, 6.45) is 0. The molecule has 57 heavy (non-hydrogen) atoms. The Labute approximate surface area is 334 Å². The fourth-order valence-corrected chi connectivity index (χ4v) is 9.31. The molecule has 0 aliphatic rings. The van der Waals surface area contributed by atoms with E-state index in [0.717, 1.165) is 54.8 Å². The minimum atomic E-state index is 0.614. The first kappa shape index (κ1) is 33.2. The second kappa shape index (κ2) is 13.6. The highest BCUT2D eigenvalue weighted by atomic mass is 32.1. The van der Waals surface area contributed by atoms with Gasteiger partial charge < -0.3 is 4.57 Å². The fraction of sp³-hybridized carbons (Fsp3) is 0. The zero-order valence-corrected chi connectivity index (χ0v) is 31.5.